The van der Waals surface area contributed by atoms with Crippen LogP contribution in [0.4, 0.5) is 0 Å². The van der Waals surface area contributed by atoms with Gasteiger partial charge in [-0.1, -0.05) is 37.6 Å². The van der Waals surface area contributed by atoms with E-state index in [1.165, 1.54) is 5.56 Å². The van der Waals surface area contributed by atoms with Gasteiger partial charge in [-0.25, -0.2) is 0 Å². The molecule has 27 heavy (non-hydrogen) atoms. The maximum Gasteiger partial charge on any atom is 0.220 e. The average molecular weight is 397 g/mol. The number of hydrogen-bond acceptors (Lipinski definition) is 4. The molecule has 1 fully saturated rings. The van der Waals surface area contributed by atoms with Crippen molar-refractivity contribution in [3.05, 3.63) is 35.4 Å². The molecule has 1 saturated heterocycles. The highest BCUT2D eigenvalue weighted by atomic mass is 35.5. The summed E-state index contributed by atoms with van der Waals surface area (Å²) in [7, 11) is 1.70. The Hall–Kier alpha value is -1.43. The number of ketones is 1. The van der Waals surface area contributed by atoms with Gasteiger partial charge in [-0.3, -0.25) is 9.59 Å². The van der Waals surface area contributed by atoms with Gasteiger partial charge in [0.15, 0.2) is 5.78 Å². The number of Topliss-reactive ketones (excluding diaryl/α,β-unsaturated/α-hetero) is 1. The lowest BCUT2D eigenvalue weighted by Crippen LogP contribution is -2.47. The van der Waals surface area contributed by atoms with E-state index in [1.54, 1.807) is 7.11 Å². The molecule has 2 rings (SSSR count). The van der Waals surface area contributed by atoms with Crippen molar-refractivity contribution in [2.24, 2.45) is 5.41 Å². The molecular weight excluding hydrogens is 364 g/mol. The van der Waals surface area contributed by atoms with Crippen LogP contribution in [-0.4, -0.2) is 45.0 Å². The number of hydrogen-bond donors (Lipinski definition) is 2. The van der Waals surface area contributed by atoms with Crippen LogP contribution >= 0.6 is 12.4 Å². The molecule has 6 heteroatoms. The van der Waals surface area contributed by atoms with Crippen molar-refractivity contribution in [3.63, 3.8) is 0 Å². The van der Waals surface area contributed by atoms with E-state index in [1.807, 2.05) is 24.3 Å². The first kappa shape index (κ1) is 23.6. The highest BCUT2D eigenvalue weighted by molar-refractivity contribution is 5.97. The normalized spacial score (nSPS) is 15.6. The molecule has 5 nitrogen and oxygen atoms in total. The Labute approximate surface area is 169 Å². The summed E-state index contributed by atoms with van der Waals surface area (Å²) in [5, 5.41) is 6.35. The number of rotatable bonds is 10. The van der Waals surface area contributed by atoms with Crippen LogP contribution in [-0.2, 0) is 16.0 Å². The Balaban J connectivity index is 0.00000364. The van der Waals surface area contributed by atoms with E-state index in [2.05, 4.69) is 17.6 Å². The number of piperidine rings is 1. The van der Waals surface area contributed by atoms with Crippen LogP contribution in [0.3, 0.4) is 0 Å². The Morgan fingerprint density at radius 1 is 1.15 bits per heavy atom. The molecule has 0 spiro atoms. The van der Waals surface area contributed by atoms with Crippen LogP contribution in [0.25, 0.3) is 0 Å². The highest BCUT2D eigenvalue weighted by Crippen LogP contribution is 2.28. The maximum absolute atomic E-state index is 12.3. The first-order valence-corrected chi connectivity index (χ1v) is 9.67. The summed E-state index contributed by atoms with van der Waals surface area (Å²) >= 11 is 0. The molecule has 1 amide bonds. The van der Waals surface area contributed by atoms with Gasteiger partial charge in [0.1, 0.15) is 0 Å². The van der Waals surface area contributed by atoms with Crippen LogP contribution in [0.2, 0.25) is 0 Å². The lowest BCUT2D eigenvalue weighted by Gasteiger charge is -2.37. The van der Waals surface area contributed by atoms with Crippen molar-refractivity contribution in [1.82, 2.24) is 10.6 Å². The largest absolute Gasteiger partial charge is 0.384 e. The van der Waals surface area contributed by atoms with Crippen molar-refractivity contribution in [2.75, 3.05) is 33.4 Å². The topological polar surface area (TPSA) is 67.4 Å². The SMILES string of the molecule is CCCc1ccc(C(=O)CCC(=O)NCC2(COC)CCNCC2)cc1.Cl. The van der Waals surface area contributed by atoms with E-state index in [0.717, 1.165) is 38.8 Å². The number of carbonyl (C=O) groups excluding carboxylic acids is 2. The summed E-state index contributed by atoms with van der Waals surface area (Å²) in [5.74, 6) is -0.0355. The summed E-state index contributed by atoms with van der Waals surface area (Å²) in [4.78, 5) is 24.5. The first-order chi connectivity index (χ1) is 12.6. The number of benzene rings is 1. The van der Waals surface area contributed by atoms with Crippen molar-refractivity contribution in [3.8, 4) is 0 Å². The molecule has 1 aliphatic heterocycles. The zero-order valence-corrected chi connectivity index (χ0v) is 17.3. The van der Waals surface area contributed by atoms with Gasteiger partial charge in [-0.2, -0.15) is 0 Å². The lowest BCUT2D eigenvalue weighted by molar-refractivity contribution is -0.122. The Bertz CT molecular complexity index is 578. The van der Waals surface area contributed by atoms with Gasteiger partial charge in [-0.05, 0) is 37.9 Å². The average Bonchev–Trinajstić information content (AvgIpc) is 2.66. The molecule has 0 aliphatic carbocycles. The van der Waals surface area contributed by atoms with Crippen molar-refractivity contribution >= 4 is 24.1 Å². The minimum absolute atomic E-state index is 0. The van der Waals surface area contributed by atoms with E-state index < -0.39 is 0 Å². The molecule has 1 aromatic carbocycles. The minimum Gasteiger partial charge on any atom is -0.384 e. The van der Waals surface area contributed by atoms with E-state index in [9.17, 15) is 9.59 Å². The number of halogens is 1. The molecule has 0 unspecified atom stereocenters. The van der Waals surface area contributed by atoms with Crippen LogP contribution in [0.1, 0.15) is 54.9 Å². The monoisotopic (exact) mass is 396 g/mol. The molecule has 0 saturated carbocycles. The van der Waals surface area contributed by atoms with E-state index in [0.29, 0.717) is 18.7 Å². The third-order valence-electron chi connectivity index (χ3n) is 5.17. The fourth-order valence-electron chi connectivity index (χ4n) is 3.53. The predicted octanol–water partition coefficient (Wildman–Crippen LogP) is 3.16. The van der Waals surface area contributed by atoms with Gasteiger partial charge in [0.05, 0.1) is 6.61 Å². The minimum atomic E-state index is -0.0602. The smallest absolute Gasteiger partial charge is 0.220 e. The molecule has 2 N–H and O–H groups in total. The molecule has 1 heterocycles. The summed E-state index contributed by atoms with van der Waals surface area (Å²) in [6.45, 7) is 5.30. The van der Waals surface area contributed by atoms with Crippen LogP contribution in [0.15, 0.2) is 24.3 Å². The molecule has 0 radical (unpaired) electrons. The van der Waals surface area contributed by atoms with Gasteiger partial charge < -0.3 is 15.4 Å². The lowest BCUT2D eigenvalue weighted by atomic mass is 9.79. The first-order valence-electron chi connectivity index (χ1n) is 9.67. The summed E-state index contributed by atoms with van der Waals surface area (Å²) in [6.07, 6.45) is 4.58. The second-order valence-electron chi connectivity index (χ2n) is 7.33. The Kier molecular flexibility index (Phi) is 10.6. The summed E-state index contributed by atoms with van der Waals surface area (Å²) < 4.78 is 5.37. The van der Waals surface area contributed by atoms with Gasteiger partial charge in [0.25, 0.3) is 0 Å². The van der Waals surface area contributed by atoms with E-state index >= 15 is 0 Å². The molecule has 0 aromatic heterocycles. The second kappa shape index (κ2) is 12.1. The number of methoxy groups -OCH3 is 1. The predicted molar refractivity (Wildman–Crippen MR) is 111 cm³/mol. The zero-order valence-electron chi connectivity index (χ0n) is 16.5. The molecule has 0 atom stereocenters. The zero-order chi connectivity index (χ0) is 18.8. The Morgan fingerprint density at radius 2 is 1.81 bits per heavy atom. The van der Waals surface area contributed by atoms with Gasteiger partial charge >= 0.3 is 0 Å². The Morgan fingerprint density at radius 3 is 2.41 bits per heavy atom. The number of amides is 1. The van der Waals surface area contributed by atoms with Crippen LogP contribution in [0, 0.1) is 5.41 Å². The van der Waals surface area contributed by atoms with Gasteiger partial charge in [0, 0.05) is 37.5 Å². The quantitative estimate of drug-likeness (QED) is 0.596. The number of nitrogens with one attached hydrogen (secondary N) is 2. The summed E-state index contributed by atoms with van der Waals surface area (Å²) in [5.41, 5.74) is 1.94. The molecule has 1 aliphatic rings. The molecular formula is C21H33ClN2O3. The van der Waals surface area contributed by atoms with E-state index in [-0.39, 0.29) is 42.4 Å². The summed E-state index contributed by atoms with van der Waals surface area (Å²) in [6, 6.07) is 7.74. The third-order valence-corrected chi connectivity index (χ3v) is 5.17. The second-order valence-corrected chi connectivity index (χ2v) is 7.33. The van der Waals surface area contributed by atoms with Crippen LogP contribution < -0.4 is 10.6 Å². The fraction of sp³-hybridized carbons (Fsp3) is 0.619. The number of aryl methyl sites for hydroxylation is 1. The highest BCUT2D eigenvalue weighted by Gasteiger charge is 2.32. The van der Waals surface area contributed by atoms with Gasteiger partial charge in [0.2, 0.25) is 5.91 Å². The molecule has 1 aromatic rings. The fourth-order valence-corrected chi connectivity index (χ4v) is 3.53. The van der Waals surface area contributed by atoms with E-state index in [4.69, 9.17) is 4.74 Å². The van der Waals surface area contributed by atoms with Crippen molar-refractivity contribution < 1.29 is 14.3 Å². The maximum atomic E-state index is 12.3. The standard InChI is InChI=1S/C21H32N2O3.ClH/c1-3-4-17-5-7-18(8-6-17)19(24)9-10-20(25)23-15-21(16-26-2)11-13-22-14-12-21;/h5-8,22H,3-4,9-16H2,1-2H3,(H,23,25);1H. The molecule has 152 valence electrons. The van der Waals surface area contributed by atoms with Crippen molar-refractivity contribution in [2.45, 2.75) is 45.4 Å². The van der Waals surface area contributed by atoms with Crippen LogP contribution in [0.5, 0.6) is 0 Å². The van der Waals surface area contributed by atoms with Gasteiger partial charge in [-0.15, -0.1) is 12.4 Å². The van der Waals surface area contributed by atoms with Crippen molar-refractivity contribution in [1.29, 1.82) is 0 Å². The number of carbonyl (C=O) groups is 2. The molecule has 0 bridgehead atoms. The number of ether oxygens (including phenoxy) is 1. The third kappa shape index (κ3) is 7.60.